The first-order valence-corrected chi connectivity index (χ1v) is 10.1. The predicted octanol–water partition coefficient (Wildman–Crippen LogP) is 4.56. The lowest BCUT2D eigenvalue weighted by Crippen LogP contribution is -2.03. The molecule has 0 saturated heterocycles. The van der Waals surface area contributed by atoms with Gasteiger partial charge >= 0.3 is 0 Å². The van der Waals surface area contributed by atoms with Gasteiger partial charge in [0.15, 0.2) is 0 Å². The maximum absolute atomic E-state index is 11.1. The zero-order valence-corrected chi connectivity index (χ0v) is 17.3. The van der Waals surface area contributed by atoms with Crippen molar-refractivity contribution < 1.29 is 5.21 Å². The van der Waals surface area contributed by atoms with Gasteiger partial charge < -0.3 is 5.21 Å². The lowest BCUT2D eigenvalue weighted by Gasteiger charge is -2.07. The van der Waals surface area contributed by atoms with E-state index in [-0.39, 0.29) is 0 Å². The van der Waals surface area contributed by atoms with Crippen molar-refractivity contribution in [2.45, 2.75) is 13.3 Å². The number of fused-ring (bicyclic) bond motifs is 1. The number of imidazole rings is 1. The first kappa shape index (κ1) is 19.4. The second-order valence-corrected chi connectivity index (χ2v) is 7.45. The highest BCUT2D eigenvalue weighted by molar-refractivity contribution is 5.84. The third kappa shape index (κ3) is 3.55. The Bertz CT molecular complexity index is 1500. The van der Waals surface area contributed by atoms with Crippen LogP contribution in [0.4, 0.5) is 0 Å². The van der Waals surface area contributed by atoms with E-state index >= 15 is 0 Å². The van der Waals surface area contributed by atoms with Gasteiger partial charge in [-0.3, -0.25) is 15.0 Å². The molecule has 5 rings (SSSR count). The van der Waals surface area contributed by atoms with E-state index in [1.54, 1.807) is 24.5 Å². The Hall–Kier alpha value is -4.57. The van der Waals surface area contributed by atoms with Gasteiger partial charge in [0, 0.05) is 30.1 Å². The molecule has 154 valence electrons. The maximum Gasteiger partial charge on any atom is 0.150 e. The van der Waals surface area contributed by atoms with Crippen molar-refractivity contribution in [3.63, 3.8) is 0 Å². The highest BCUT2D eigenvalue weighted by Crippen LogP contribution is 2.33. The van der Waals surface area contributed by atoms with Crippen LogP contribution in [-0.2, 0) is 6.42 Å². The van der Waals surface area contributed by atoms with Gasteiger partial charge in [0.2, 0.25) is 0 Å². The van der Waals surface area contributed by atoms with Gasteiger partial charge in [-0.1, -0.05) is 24.3 Å². The number of hydrogen-bond acceptors (Lipinski definition) is 6. The fourth-order valence-electron chi connectivity index (χ4n) is 3.72. The zero-order valence-electron chi connectivity index (χ0n) is 17.3. The summed E-state index contributed by atoms with van der Waals surface area (Å²) < 4.78 is 1.09. The van der Waals surface area contributed by atoms with E-state index in [1.807, 2.05) is 55.5 Å². The average Bonchev–Trinajstić information content (AvgIpc) is 3.14. The molecule has 0 aliphatic heterocycles. The number of pyridine rings is 1. The molecule has 3 aromatic heterocycles. The molecular formula is C25H18N6O. The number of aryl methyl sites for hydroxylation is 1. The second kappa shape index (κ2) is 7.93. The van der Waals surface area contributed by atoms with Crippen LogP contribution < -0.4 is 0 Å². The maximum atomic E-state index is 11.1. The van der Waals surface area contributed by atoms with E-state index in [2.05, 4.69) is 21.0 Å². The van der Waals surface area contributed by atoms with Crippen molar-refractivity contribution in [1.29, 1.82) is 5.26 Å². The number of rotatable bonds is 4. The summed E-state index contributed by atoms with van der Waals surface area (Å²) in [5.41, 5.74) is 6.32. The first-order chi connectivity index (χ1) is 15.6. The number of aromatic nitrogens is 5. The molecule has 0 atom stereocenters. The van der Waals surface area contributed by atoms with Crippen LogP contribution in [0.2, 0.25) is 0 Å². The minimum atomic E-state index is 0.359. The highest BCUT2D eigenvalue weighted by atomic mass is 16.5. The van der Waals surface area contributed by atoms with Crippen LogP contribution in [0.25, 0.3) is 33.7 Å². The molecule has 32 heavy (non-hydrogen) atoms. The molecule has 0 unspecified atom stereocenters. The summed E-state index contributed by atoms with van der Waals surface area (Å²) in [5, 5.41) is 20.3. The quantitative estimate of drug-likeness (QED) is 0.429. The Morgan fingerprint density at radius 2 is 1.75 bits per heavy atom. The lowest BCUT2D eigenvalue weighted by molar-refractivity contribution is 0.181. The summed E-state index contributed by atoms with van der Waals surface area (Å²) in [5.74, 6) is 0.452. The van der Waals surface area contributed by atoms with Gasteiger partial charge in [-0.25, -0.2) is 4.98 Å². The Morgan fingerprint density at radius 3 is 2.56 bits per heavy atom. The number of hydrogen-bond donors (Lipinski definition) is 1. The Morgan fingerprint density at radius 1 is 0.938 bits per heavy atom. The van der Waals surface area contributed by atoms with Crippen molar-refractivity contribution in [3.8, 4) is 28.7 Å². The number of benzene rings is 2. The Balaban J connectivity index is 1.68. The van der Waals surface area contributed by atoms with Gasteiger partial charge in [0.25, 0.3) is 0 Å². The summed E-state index contributed by atoms with van der Waals surface area (Å²) in [6, 6.07) is 20.8. The fraction of sp³-hybridized carbons (Fsp3) is 0.0800. The van der Waals surface area contributed by atoms with Crippen molar-refractivity contribution in [3.05, 3.63) is 95.7 Å². The van der Waals surface area contributed by atoms with Crippen LogP contribution in [0.3, 0.4) is 0 Å². The van der Waals surface area contributed by atoms with E-state index in [0.717, 1.165) is 32.6 Å². The molecule has 7 nitrogen and oxygen atoms in total. The molecule has 0 aliphatic carbocycles. The SMILES string of the molecule is Cc1cccc(-c2c(-c3ccc4nccnc4c3)nc(Cc3cccc(C#N)c3)n2O)n1. The monoisotopic (exact) mass is 418 g/mol. The molecule has 0 aliphatic rings. The summed E-state index contributed by atoms with van der Waals surface area (Å²) in [7, 11) is 0. The molecular weight excluding hydrogens is 400 g/mol. The molecule has 0 fully saturated rings. The van der Waals surface area contributed by atoms with Gasteiger partial charge in [-0.2, -0.15) is 9.99 Å². The molecule has 0 amide bonds. The topological polar surface area (TPSA) is 101 Å². The normalized spacial score (nSPS) is 10.9. The van der Waals surface area contributed by atoms with E-state index in [4.69, 9.17) is 4.98 Å². The smallest absolute Gasteiger partial charge is 0.150 e. The molecule has 7 heteroatoms. The van der Waals surface area contributed by atoms with Crippen LogP contribution in [0, 0.1) is 18.3 Å². The summed E-state index contributed by atoms with van der Waals surface area (Å²) in [4.78, 5) is 18.1. The average molecular weight is 418 g/mol. The molecule has 0 spiro atoms. The van der Waals surface area contributed by atoms with Crippen LogP contribution in [0.5, 0.6) is 0 Å². The van der Waals surface area contributed by atoms with Gasteiger partial charge in [0.05, 0.1) is 28.4 Å². The van der Waals surface area contributed by atoms with E-state index in [1.165, 1.54) is 0 Å². The molecule has 3 heterocycles. The van der Waals surface area contributed by atoms with Crippen LogP contribution in [-0.4, -0.2) is 29.9 Å². The molecule has 2 aromatic carbocycles. The molecule has 0 saturated carbocycles. The number of nitrogens with zero attached hydrogens (tertiary/aromatic N) is 6. The van der Waals surface area contributed by atoms with Crippen LogP contribution >= 0.6 is 0 Å². The van der Waals surface area contributed by atoms with Crippen LogP contribution in [0.15, 0.2) is 73.1 Å². The molecule has 0 bridgehead atoms. The van der Waals surface area contributed by atoms with Gasteiger partial charge in [-0.05, 0) is 48.9 Å². The van der Waals surface area contributed by atoms with Gasteiger partial charge in [0.1, 0.15) is 17.2 Å². The lowest BCUT2D eigenvalue weighted by atomic mass is 10.1. The highest BCUT2D eigenvalue weighted by Gasteiger charge is 2.22. The van der Waals surface area contributed by atoms with E-state index in [9.17, 15) is 10.5 Å². The largest absolute Gasteiger partial charge is 0.427 e. The molecule has 0 radical (unpaired) electrons. The van der Waals surface area contributed by atoms with Crippen molar-refractivity contribution >= 4 is 11.0 Å². The second-order valence-electron chi connectivity index (χ2n) is 7.45. The van der Waals surface area contributed by atoms with Crippen LogP contribution in [0.1, 0.15) is 22.6 Å². The summed E-state index contributed by atoms with van der Waals surface area (Å²) >= 11 is 0. The number of nitriles is 1. The first-order valence-electron chi connectivity index (χ1n) is 10.1. The van der Waals surface area contributed by atoms with Crippen molar-refractivity contribution in [2.24, 2.45) is 0 Å². The standard InChI is InChI=1S/C25H18N6O/c1-16-4-2-7-21(29-16)25-24(19-8-9-20-22(14-19)28-11-10-27-20)30-23(31(25)32)13-17-5-3-6-18(12-17)15-26/h2-12,14,32H,13H2,1H3. The van der Waals surface area contributed by atoms with Crippen molar-refractivity contribution in [2.75, 3.05) is 0 Å². The third-order valence-electron chi connectivity index (χ3n) is 5.21. The van der Waals surface area contributed by atoms with Crippen molar-refractivity contribution in [1.82, 2.24) is 24.7 Å². The fourth-order valence-corrected chi connectivity index (χ4v) is 3.72. The minimum Gasteiger partial charge on any atom is -0.427 e. The third-order valence-corrected chi connectivity index (χ3v) is 5.21. The zero-order chi connectivity index (χ0) is 22.1. The Labute approximate surface area is 184 Å². The van der Waals surface area contributed by atoms with E-state index < -0.39 is 0 Å². The summed E-state index contributed by atoms with van der Waals surface area (Å²) in [6.07, 6.45) is 3.66. The van der Waals surface area contributed by atoms with E-state index in [0.29, 0.717) is 34.9 Å². The molecule has 1 N–H and O–H groups in total. The predicted molar refractivity (Wildman–Crippen MR) is 120 cm³/mol. The Kier molecular flexibility index (Phi) is 4.81. The minimum absolute atomic E-state index is 0.359. The molecule has 5 aromatic rings. The summed E-state index contributed by atoms with van der Waals surface area (Å²) in [6.45, 7) is 1.90. The van der Waals surface area contributed by atoms with Gasteiger partial charge in [-0.15, -0.1) is 0 Å².